The van der Waals surface area contributed by atoms with Crippen molar-refractivity contribution in [3.05, 3.63) is 82.6 Å². The Labute approximate surface area is 243 Å². The number of nitriles is 1. The number of hydrogen-bond acceptors (Lipinski definition) is 11. The van der Waals surface area contributed by atoms with Crippen LogP contribution in [-0.2, 0) is 9.59 Å². The highest BCUT2D eigenvalue weighted by Crippen LogP contribution is 2.50. The molecule has 2 aliphatic rings. The SMILES string of the molecule is CC1(C)CC(=O)C2=C(C1)N(c1nnc(SCC(=O)Nc3ccccc3C(=O)O)s1)C(N)=C(C#N)C2c1cccnc1. The predicted molar refractivity (Wildman–Crippen MR) is 154 cm³/mol. The number of anilines is 2. The first-order chi connectivity index (χ1) is 19.6. The molecule has 0 bridgehead atoms. The second kappa shape index (κ2) is 11.1. The van der Waals surface area contributed by atoms with Crippen molar-refractivity contribution in [2.75, 3.05) is 16.0 Å². The van der Waals surface area contributed by atoms with E-state index in [1.807, 2.05) is 19.9 Å². The number of carbonyl (C=O) groups is 3. The Kier molecular flexibility index (Phi) is 7.61. The molecule has 0 spiro atoms. The van der Waals surface area contributed by atoms with Gasteiger partial charge in [-0.1, -0.05) is 55.1 Å². The molecule has 5 rings (SSSR count). The van der Waals surface area contributed by atoms with Crippen molar-refractivity contribution in [2.24, 2.45) is 11.1 Å². The quantitative estimate of drug-likeness (QED) is 0.336. The molecule has 4 N–H and O–H groups in total. The average molecular weight is 588 g/mol. The number of nitrogens with zero attached hydrogens (tertiary/aromatic N) is 5. The van der Waals surface area contributed by atoms with Crippen molar-refractivity contribution >= 4 is 51.6 Å². The minimum atomic E-state index is -1.14. The number of benzene rings is 1. The number of ketones is 1. The molecular formula is C28H25N7O4S2. The van der Waals surface area contributed by atoms with Crippen LogP contribution in [0.2, 0.25) is 0 Å². The van der Waals surface area contributed by atoms with Crippen molar-refractivity contribution in [1.82, 2.24) is 15.2 Å². The third kappa shape index (κ3) is 5.57. The Morgan fingerprint density at radius 2 is 2.02 bits per heavy atom. The molecule has 3 aromatic rings. The van der Waals surface area contributed by atoms with Crippen LogP contribution >= 0.6 is 23.1 Å². The summed E-state index contributed by atoms with van der Waals surface area (Å²) < 4.78 is 0.464. The van der Waals surface area contributed by atoms with Crippen LogP contribution in [0.1, 0.15) is 48.5 Å². The first kappa shape index (κ1) is 28.0. The smallest absolute Gasteiger partial charge is 0.337 e. The number of pyridine rings is 1. The van der Waals surface area contributed by atoms with Gasteiger partial charge >= 0.3 is 5.97 Å². The van der Waals surface area contributed by atoms with Crippen LogP contribution in [0.15, 0.2) is 75.8 Å². The molecule has 0 saturated carbocycles. The van der Waals surface area contributed by atoms with E-state index in [9.17, 15) is 24.8 Å². The van der Waals surface area contributed by atoms with Gasteiger partial charge in [0, 0.05) is 30.1 Å². The Hall–Kier alpha value is -4.54. The van der Waals surface area contributed by atoms with E-state index >= 15 is 0 Å². The average Bonchev–Trinajstić information content (AvgIpc) is 3.39. The third-order valence-corrected chi connectivity index (χ3v) is 8.79. The number of allylic oxidation sites excluding steroid dienone is 3. The first-order valence-electron chi connectivity index (χ1n) is 12.5. The second-order valence-corrected chi connectivity index (χ2v) is 12.5. The van der Waals surface area contributed by atoms with Gasteiger partial charge in [0.1, 0.15) is 5.82 Å². The lowest BCUT2D eigenvalue weighted by molar-refractivity contribution is -0.118. The molecule has 0 saturated heterocycles. The molecule has 3 heterocycles. The Morgan fingerprint density at radius 3 is 2.73 bits per heavy atom. The van der Waals surface area contributed by atoms with Gasteiger partial charge in [0.15, 0.2) is 10.1 Å². The molecule has 1 aromatic carbocycles. The third-order valence-electron chi connectivity index (χ3n) is 6.74. The van der Waals surface area contributed by atoms with E-state index in [0.29, 0.717) is 39.1 Å². The number of Topliss-reactive ketones (excluding diaryl/α,β-unsaturated/α-hetero) is 1. The van der Waals surface area contributed by atoms with Crippen molar-refractivity contribution in [1.29, 1.82) is 5.26 Å². The van der Waals surface area contributed by atoms with Crippen LogP contribution in [-0.4, -0.2) is 43.7 Å². The number of hydrogen-bond donors (Lipinski definition) is 3. The first-order valence-corrected chi connectivity index (χ1v) is 14.3. The van der Waals surface area contributed by atoms with Gasteiger partial charge in [-0.15, -0.1) is 10.2 Å². The van der Waals surface area contributed by atoms with Crippen LogP contribution < -0.4 is 16.0 Å². The highest BCUT2D eigenvalue weighted by Gasteiger charge is 2.45. The number of nitrogens with two attached hydrogens (primary N) is 1. The number of thioether (sulfide) groups is 1. The van der Waals surface area contributed by atoms with Gasteiger partial charge in [0.25, 0.3) is 0 Å². The number of amides is 1. The largest absolute Gasteiger partial charge is 0.478 e. The van der Waals surface area contributed by atoms with Crippen LogP contribution in [0.4, 0.5) is 10.8 Å². The van der Waals surface area contributed by atoms with E-state index in [-0.39, 0.29) is 39.6 Å². The summed E-state index contributed by atoms with van der Waals surface area (Å²) in [5.41, 5.74) is 8.58. The number of rotatable bonds is 7. The number of aromatic carboxylic acids is 1. The maximum Gasteiger partial charge on any atom is 0.337 e. The summed E-state index contributed by atoms with van der Waals surface area (Å²) >= 11 is 2.30. The fourth-order valence-electron chi connectivity index (χ4n) is 5.05. The zero-order valence-electron chi connectivity index (χ0n) is 22.1. The summed E-state index contributed by atoms with van der Waals surface area (Å²) in [7, 11) is 0. The highest BCUT2D eigenvalue weighted by molar-refractivity contribution is 8.01. The zero-order chi connectivity index (χ0) is 29.3. The zero-order valence-corrected chi connectivity index (χ0v) is 23.8. The number of aromatic nitrogens is 3. The van der Waals surface area contributed by atoms with Crippen LogP contribution in [0, 0.1) is 16.7 Å². The molecule has 1 amide bonds. The maximum atomic E-state index is 13.6. The predicted octanol–water partition coefficient (Wildman–Crippen LogP) is 4.30. The molecule has 0 radical (unpaired) electrons. The molecule has 1 unspecified atom stereocenters. The van der Waals surface area contributed by atoms with Crippen molar-refractivity contribution in [3.8, 4) is 6.07 Å². The van der Waals surface area contributed by atoms with Gasteiger partial charge < -0.3 is 16.2 Å². The van der Waals surface area contributed by atoms with Crippen LogP contribution in [0.3, 0.4) is 0 Å². The Balaban J connectivity index is 1.44. The molecule has 11 nitrogen and oxygen atoms in total. The summed E-state index contributed by atoms with van der Waals surface area (Å²) in [6, 6.07) is 11.9. The Morgan fingerprint density at radius 1 is 1.24 bits per heavy atom. The molecule has 2 aromatic heterocycles. The fraction of sp³-hybridized carbons (Fsp3) is 0.250. The van der Waals surface area contributed by atoms with Crippen molar-refractivity contribution in [2.45, 2.75) is 36.9 Å². The van der Waals surface area contributed by atoms with E-state index in [1.54, 1.807) is 35.5 Å². The topological polar surface area (TPSA) is 175 Å². The summed E-state index contributed by atoms with van der Waals surface area (Å²) in [6.45, 7) is 4.02. The lowest BCUT2D eigenvalue weighted by Crippen LogP contribution is -2.42. The molecule has 1 atom stereocenters. The number of nitrogens with one attached hydrogen (secondary N) is 1. The van der Waals surface area contributed by atoms with Crippen molar-refractivity contribution < 1.29 is 19.5 Å². The maximum absolute atomic E-state index is 13.6. The summed E-state index contributed by atoms with van der Waals surface area (Å²) in [5, 5.41) is 31.0. The normalized spacial score (nSPS) is 18.1. The van der Waals surface area contributed by atoms with Gasteiger partial charge in [0.05, 0.1) is 34.6 Å². The number of para-hydroxylation sites is 1. The molecule has 13 heteroatoms. The number of carboxylic acid groups (broad SMARTS) is 1. The minimum absolute atomic E-state index is 0.0108. The van der Waals surface area contributed by atoms with E-state index in [4.69, 9.17) is 5.73 Å². The fourth-order valence-corrected chi connectivity index (χ4v) is 6.73. The second-order valence-electron chi connectivity index (χ2n) is 10.3. The molecule has 208 valence electrons. The summed E-state index contributed by atoms with van der Waals surface area (Å²) in [6.07, 6.45) is 4.12. The monoisotopic (exact) mass is 587 g/mol. The lowest BCUT2D eigenvalue weighted by atomic mass is 9.69. The van der Waals surface area contributed by atoms with Gasteiger partial charge in [-0.3, -0.25) is 19.5 Å². The van der Waals surface area contributed by atoms with Crippen LogP contribution in [0.25, 0.3) is 0 Å². The highest BCUT2D eigenvalue weighted by atomic mass is 32.2. The van der Waals surface area contributed by atoms with Gasteiger partial charge in [-0.25, -0.2) is 4.79 Å². The minimum Gasteiger partial charge on any atom is -0.478 e. The van der Waals surface area contributed by atoms with E-state index in [1.165, 1.54) is 23.5 Å². The molecule has 0 fully saturated rings. The van der Waals surface area contributed by atoms with E-state index < -0.39 is 17.8 Å². The summed E-state index contributed by atoms with van der Waals surface area (Å²) in [4.78, 5) is 43.4. The van der Waals surface area contributed by atoms with Gasteiger partial charge in [0.2, 0.25) is 11.0 Å². The number of carbonyl (C=O) groups excluding carboxylic acids is 2. The number of carboxylic acids is 1. The lowest BCUT2D eigenvalue weighted by Gasteiger charge is -2.42. The van der Waals surface area contributed by atoms with Gasteiger partial charge in [-0.05, 0) is 35.6 Å². The Bertz CT molecular complexity index is 1660. The van der Waals surface area contributed by atoms with Gasteiger partial charge in [-0.2, -0.15) is 5.26 Å². The van der Waals surface area contributed by atoms with Crippen LogP contribution in [0.5, 0.6) is 0 Å². The molecule has 41 heavy (non-hydrogen) atoms. The standard InChI is InChI=1S/C28H25N7O4S2/c1-28(2)10-19-23(20(36)11-28)22(15-6-5-9-31-13-15)17(12-29)24(30)35(19)26-33-34-27(41-26)40-14-21(37)32-18-8-4-3-7-16(18)25(38)39/h3-9,13,22H,10-11,14,30H2,1-2H3,(H,32,37)(H,38,39). The molecule has 1 aliphatic heterocycles. The van der Waals surface area contributed by atoms with E-state index in [2.05, 4.69) is 26.6 Å². The van der Waals surface area contributed by atoms with Crippen molar-refractivity contribution in [3.63, 3.8) is 0 Å². The molecule has 1 aliphatic carbocycles. The van der Waals surface area contributed by atoms with E-state index in [0.717, 1.165) is 11.8 Å². The summed E-state index contributed by atoms with van der Waals surface area (Å²) in [5.74, 6) is -2.12. The molecular weight excluding hydrogens is 562 g/mol.